The Balaban J connectivity index is 0. The van der Waals surface area contributed by atoms with Gasteiger partial charge in [-0.05, 0) is 38.5 Å². The first-order valence-electron chi connectivity index (χ1n) is 13.8. The summed E-state index contributed by atoms with van der Waals surface area (Å²) >= 11 is 0. The van der Waals surface area contributed by atoms with Gasteiger partial charge in [-0.2, -0.15) is 13.2 Å². The molecule has 34 heavy (non-hydrogen) atoms. The largest absolute Gasteiger partial charge is 0.741 e. The fourth-order valence-electron chi connectivity index (χ4n) is 4.16. The van der Waals surface area contributed by atoms with Crippen molar-refractivity contribution in [3.63, 3.8) is 0 Å². The highest BCUT2D eigenvalue weighted by Gasteiger charge is 2.36. The molecule has 8 heteroatoms. The van der Waals surface area contributed by atoms with Crippen LogP contribution in [0, 0.1) is 0 Å². The van der Waals surface area contributed by atoms with Gasteiger partial charge in [0.25, 0.3) is 0 Å². The van der Waals surface area contributed by atoms with E-state index in [2.05, 4.69) is 27.8 Å². The second-order valence-electron chi connectivity index (χ2n) is 9.99. The Morgan fingerprint density at radius 3 is 0.971 bits per heavy atom. The SMILES string of the molecule is CCCCCCCC[N+](C)(CCCCCCCC)CCCCCCCC.O=S(=O)([O-])C(F)(F)F. The minimum Gasteiger partial charge on any atom is -0.741 e. The lowest BCUT2D eigenvalue weighted by atomic mass is 10.1. The fourth-order valence-corrected chi connectivity index (χ4v) is 4.16. The molecule has 0 spiro atoms. The minimum atomic E-state index is -6.09. The molecule has 0 aliphatic rings. The molecular formula is C26H54F3NO3S. The van der Waals surface area contributed by atoms with Gasteiger partial charge in [0.1, 0.15) is 0 Å². The molecule has 0 atom stereocenters. The Hall–Kier alpha value is -0.340. The van der Waals surface area contributed by atoms with Gasteiger partial charge in [-0.3, -0.25) is 0 Å². The third-order valence-electron chi connectivity index (χ3n) is 6.44. The number of halogens is 3. The Kier molecular flexibility index (Phi) is 23.1. The van der Waals surface area contributed by atoms with E-state index in [4.69, 9.17) is 13.0 Å². The van der Waals surface area contributed by atoms with Crippen molar-refractivity contribution in [3.8, 4) is 0 Å². The van der Waals surface area contributed by atoms with Crippen LogP contribution in [-0.4, -0.2) is 49.6 Å². The maximum Gasteiger partial charge on any atom is 0.485 e. The standard InChI is InChI=1S/C25H54N.CHF3O3S/c1-5-8-11-14-17-20-23-26(4,24-21-18-15-12-9-6-2)25-22-19-16-13-10-7-3;2-1(3,4)8(5,6)7/h5-25H2,1-4H3;(H,5,6,7)/q+1;/p-1. The summed E-state index contributed by atoms with van der Waals surface area (Å²) < 4.78 is 60.3. The third-order valence-corrected chi connectivity index (χ3v) is 7.00. The summed E-state index contributed by atoms with van der Waals surface area (Å²) in [5, 5.41) is 0. The average molecular weight is 518 g/mol. The van der Waals surface area contributed by atoms with Crippen molar-refractivity contribution in [2.45, 2.75) is 142 Å². The molecule has 0 aromatic carbocycles. The highest BCUT2D eigenvalue weighted by atomic mass is 32.2. The van der Waals surface area contributed by atoms with Crippen molar-refractivity contribution in [3.05, 3.63) is 0 Å². The van der Waals surface area contributed by atoms with E-state index in [9.17, 15) is 13.2 Å². The molecule has 0 aromatic rings. The van der Waals surface area contributed by atoms with Gasteiger partial charge in [0.05, 0.1) is 26.7 Å². The normalized spacial score (nSPS) is 12.5. The van der Waals surface area contributed by atoms with Crippen LogP contribution in [0.4, 0.5) is 13.2 Å². The van der Waals surface area contributed by atoms with Crippen LogP contribution in [0.2, 0.25) is 0 Å². The molecule has 0 saturated heterocycles. The molecule has 0 N–H and O–H groups in total. The van der Waals surface area contributed by atoms with Crippen LogP contribution in [0.1, 0.15) is 136 Å². The van der Waals surface area contributed by atoms with E-state index in [1.165, 1.54) is 140 Å². The summed E-state index contributed by atoms with van der Waals surface area (Å²) in [4.78, 5) is 0. The number of alkyl halides is 3. The van der Waals surface area contributed by atoms with E-state index < -0.39 is 15.6 Å². The van der Waals surface area contributed by atoms with Gasteiger partial charge in [-0.1, -0.05) is 97.8 Å². The summed E-state index contributed by atoms with van der Waals surface area (Å²) in [6.45, 7) is 11.2. The number of nitrogens with zero attached hydrogens (tertiary/aromatic N) is 1. The van der Waals surface area contributed by atoms with Crippen LogP contribution in [0.3, 0.4) is 0 Å². The maximum atomic E-state index is 10.7. The second-order valence-corrected chi connectivity index (χ2v) is 11.4. The first-order valence-corrected chi connectivity index (χ1v) is 15.2. The highest BCUT2D eigenvalue weighted by molar-refractivity contribution is 7.86. The monoisotopic (exact) mass is 517 g/mol. The minimum absolute atomic E-state index is 1.36. The van der Waals surface area contributed by atoms with Gasteiger partial charge >= 0.3 is 5.51 Å². The fraction of sp³-hybridized carbons (Fsp3) is 1.00. The molecule has 4 nitrogen and oxygen atoms in total. The summed E-state index contributed by atoms with van der Waals surface area (Å²) in [5.41, 5.74) is -5.65. The Morgan fingerprint density at radius 1 is 0.559 bits per heavy atom. The van der Waals surface area contributed by atoms with Crippen LogP contribution in [0.5, 0.6) is 0 Å². The van der Waals surface area contributed by atoms with Crippen LogP contribution in [0.25, 0.3) is 0 Å². The first-order chi connectivity index (χ1) is 15.9. The number of rotatable bonds is 21. The summed E-state index contributed by atoms with van der Waals surface area (Å²) in [6, 6.07) is 0. The number of hydrogen-bond donors (Lipinski definition) is 0. The maximum absolute atomic E-state index is 10.7. The summed E-state index contributed by atoms with van der Waals surface area (Å²) in [6.07, 6.45) is 25.9. The predicted molar refractivity (Wildman–Crippen MR) is 137 cm³/mol. The van der Waals surface area contributed by atoms with E-state index in [1.807, 2.05) is 0 Å². The number of quaternary nitrogens is 1. The van der Waals surface area contributed by atoms with Crippen molar-refractivity contribution in [2.75, 3.05) is 26.7 Å². The van der Waals surface area contributed by atoms with Crippen molar-refractivity contribution in [1.82, 2.24) is 0 Å². The zero-order valence-electron chi connectivity index (χ0n) is 22.6. The molecular weight excluding hydrogens is 463 g/mol. The zero-order valence-corrected chi connectivity index (χ0v) is 23.4. The molecule has 0 rings (SSSR count). The van der Waals surface area contributed by atoms with Gasteiger partial charge < -0.3 is 9.04 Å². The molecule has 208 valence electrons. The van der Waals surface area contributed by atoms with E-state index in [0.717, 1.165) is 0 Å². The van der Waals surface area contributed by atoms with Crippen molar-refractivity contribution in [2.24, 2.45) is 0 Å². The third kappa shape index (κ3) is 23.4. The lowest BCUT2D eigenvalue weighted by Gasteiger charge is -2.35. The van der Waals surface area contributed by atoms with Crippen molar-refractivity contribution in [1.29, 1.82) is 0 Å². The molecule has 0 aliphatic carbocycles. The average Bonchev–Trinajstić information content (AvgIpc) is 2.75. The molecule has 0 amide bonds. The molecule has 0 fully saturated rings. The van der Waals surface area contributed by atoms with Crippen molar-refractivity contribution >= 4 is 10.1 Å². The topological polar surface area (TPSA) is 57.2 Å². The van der Waals surface area contributed by atoms with Gasteiger partial charge in [0.2, 0.25) is 0 Å². The first kappa shape index (κ1) is 35.8. The van der Waals surface area contributed by atoms with E-state index >= 15 is 0 Å². The Labute approximate surface area is 209 Å². The molecule has 0 aliphatic heterocycles. The van der Waals surface area contributed by atoms with E-state index in [0.29, 0.717) is 0 Å². The second kappa shape index (κ2) is 21.9. The quantitative estimate of drug-likeness (QED) is 0.0663. The number of unbranched alkanes of at least 4 members (excludes halogenated alkanes) is 15. The summed E-state index contributed by atoms with van der Waals surface area (Å²) in [5.74, 6) is 0. The Morgan fingerprint density at radius 2 is 0.765 bits per heavy atom. The molecule has 0 heterocycles. The zero-order chi connectivity index (χ0) is 26.3. The molecule has 0 unspecified atom stereocenters. The van der Waals surface area contributed by atoms with Gasteiger partial charge in [-0.25, -0.2) is 8.42 Å². The van der Waals surface area contributed by atoms with Gasteiger partial charge in [0.15, 0.2) is 10.1 Å². The lowest BCUT2D eigenvalue weighted by Crippen LogP contribution is -2.46. The predicted octanol–water partition coefficient (Wildman–Crippen LogP) is 8.57. The smallest absolute Gasteiger partial charge is 0.485 e. The van der Waals surface area contributed by atoms with E-state index in [1.54, 1.807) is 0 Å². The highest BCUT2D eigenvalue weighted by Crippen LogP contribution is 2.20. The Bertz CT molecular complexity index is 499. The van der Waals surface area contributed by atoms with Crippen LogP contribution in [-0.2, 0) is 10.1 Å². The van der Waals surface area contributed by atoms with Gasteiger partial charge in [0, 0.05) is 0 Å². The van der Waals surface area contributed by atoms with Crippen LogP contribution < -0.4 is 0 Å². The van der Waals surface area contributed by atoms with Crippen LogP contribution >= 0.6 is 0 Å². The van der Waals surface area contributed by atoms with Crippen LogP contribution in [0.15, 0.2) is 0 Å². The van der Waals surface area contributed by atoms with Crippen molar-refractivity contribution < 1.29 is 30.6 Å². The molecule has 0 radical (unpaired) electrons. The molecule has 0 bridgehead atoms. The molecule has 0 saturated carbocycles. The van der Waals surface area contributed by atoms with E-state index in [-0.39, 0.29) is 0 Å². The molecule has 0 aromatic heterocycles. The summed E-state index contributed by atoms with van der Waals surface area (Å²) in [7, 11) is -3.53. The number of hydrogen-bond acceptors (Lipinski definition) is 3. The van der Waals surface area contributed by atoms with Gasteiger partial charge in [-0.15, -0.1) is 0 Å². The lowest BCUT2D eigenvalue weighted by molar-refractivity contribution is -0.910.